The first-order valence-electron chi connectivity index (χ1n) is 6.14. The molecule has 0 N–H and O–H groups in total. The first-order valence-corrected chi connectivity index (χ1v) is 6.14. The van der Waals surface area contributed by atoms with E-state index in [4.69, 9.17) is 0 Å². The second kappa shape index (κ2) is 3.74. The molecule has 1 atom stereocenters. The monoisotopic (exact) mass is 217 g/mol. The summed E-state index contributed by atoms with van der Waals surface area (Å²) in [5, 5.41) is 0. The quantitative estimate of drug-likeness (QED) is 0.656. The number of pyridine rings is 1. The number of rotatable bonds is 0. The van der Waals surface area contributed by atoms with Gasteiger partial charge < -0.3 is 9.80 Å². The van der Waals surface area contributed by atoms with Crippen LogP contribution in [0.2, 0.25) is 0 Å². The van der Waals surface area contributed by atoms with Crippen molar-refractivity contribution in [2.24, 2.45) is 0 Å². The molecule has 0 saturated carbocycles. The molecule has 0 spiro atoms. The number of hydrogen-bond acceptors (Lipinski definition) is 3. The van der Waals surface area contributed by atoms with E-state index in [-0.39, 0.29) is 0 Å². The molecule has 1 saturated heterocycles. The standard InChI is InChI=1S/C13H19N3/c1-10-7-14-8-11-3-4-12-9-15(2)5-6-16(12)13(10)11/h7-8,12H,3-6,9H2,1-2H3. The van der Waals surface area contributed by atoms with E-state index in [0.29, 0.717) is 6.04 Å². The Balaban J connectivity index is 1.99. The number of anilines is 1. The van der Waals surface area contributed by atoms with Gasteiger partial charge in [0.05, 0.1) is 0 Å². The van der Waals surface area contributed by atoms with Gasteiger partial charge in [0.25, 0.3) is 0 Å². The third kappa shape index (κ3) is 1.50. The third-order valence-electron chi connectivity index (χ3n) is 3.90. The van der Waals surface area contributed by atoms with Crippen LogP contribution < -0.4 is 4.90 Å². The lowest BCUT2D eigenvalue weighted by molar-refractivity contribution is 0.255. The highest BCUT2D eigenvalue weighted by Gasteiger charge is 2.31. The Morgan fingerprint density at radius 2 is 2.19 bits per heavy atom. The highest BCUT2D eigenvalue weighted by Crippen LogP contribution is 2.34. The van der Waals surface area contributed by atoms with Crippen molar-refractivity contribution < 1.29 is 0 Å². The fourth-order valence-corrected chi connectivity index (χ4v) is 3.08. The van der Waals surface area contributed by atoms with Gasteiger partial charge in [-0.2, -0.15) is 0 Å². The first-order chi connectivity index (χ1) is 7.75. The van der Waals surface area contributed by atoms with Crippen LogP contribution in [0, 0.1) is 6.92 Å². The normalized spacial score (nSPS) is 25.1. The summed E-state index contributed by atoms with van der Waals surface area (Å²) in [4.78, 5) is 9.37. The molecule has 1 unspecified atom stereocenters. The van der Waals surface area contributed by atoms with Gasteiger partial charge >= 0.3 is 0 Å². The minimum atomic E-state index is 0.715. The van der Waals surface area contributed by atoms with Crippen molar-refractivity contribution in [2.75, 3.05) is 31.6 Å². The van der Waals surface area contributed by atoms with Crippen molar-refractivity contribution in [1.29, 1.82) is 0 Å². The number of aromatic nitrogens is 1. The molecule has 1 aromatic heterocycles. The van der Waals surface area contributed by atoms with Gasteiger partial charge in [-0.25, -0.2) is 0 Å². The number of fused-ring (bicyclic) bond motifs is 3. The van der Waals surface area contributed by atoms with Gasteiger partial charge in [0, 0.05) is 43.8 Å². The van der Waals surface area contributed by atoms with Crippen molar-refractivity contribution in [1.82, 2.24) is 9.88 Å². The van der Waals surface area contributed by atoms with Crippen LogP contribution in [0.1, 0.15) is 17.5 Å². The van der Waals surface area contributed by atoms with Crippen LogP contribution >= 0.6 is 0 Å². The Kier molecular flexibility index (Phi) is 2.36. The van der Waals surface area contributed by atoms with Gasteiger partial charge in [0.1, 0.15) is 0 Å². The van der Waals surface area contributed by atoms with E-state index in [2.05, 4.69) is 35.0 Å². The zero-order valence-electron chi connectivity index (χ0n) is 10.1. The lowest BCUT2D eigenvalue weighted by Crippen LogP contribution is -2.54. The summed E-state index contributed by atoms with van der Waals surface area (Å²) in [5.41, 5.74) is 4.26. The van der Waals surface area contributed by atoms with Crippen molar-refractivity contribution >= 4 is 5.69 Å². The lowest BCUT2D eigenvalue weighted by Gasteiger charge is -2.45. The molecule has 3 heterocycles. The molecule has 0 radical (unpaired) electrons. The molecule has 0 bridgehead atoms. The van der Waals surface area contributed by atoms with Gasteiger partial charge in [-0.05, 0) is 37.9 Å². The summed E-state index contributed by atoms with van der Waals surface area (Å²) >= 11 is 0. The van der Waals surface area contributed by atoms with E-state index in [1.165, 1.54) is 49.3 Å². The van der Waals surface area contributed by atoms with Gasteiger partial charge in [0.15, 0.2) is 0 Å². The van der Waals surface area contributed by atoms with Crippen LogP contribution in [0.15, 0.2) is 12.4 Å². The topological polar surface area (TPSA) is 19.4 Å². The van der Waals surface area contributed by atoms with E-state index >= 15 is 0 Å². The summed E-state index contributed by atoms with van der Waals surface area (Å²) in [6, 6.07) is 0.715. The molecular formula is C13H19N3. The van der Waals surface area contributed by atoms with Crippen LogP contribution in [-0.4, -0.2) is 42.6 Å². The van der Waals surface area contributed by atoms with Crippen LogP contribution in [0.4, 0.5) is 5.69 Å². The van der Waals surface area contributed by atoms with E-state index in [1.54, 1.807) is 0 Å². The van der Waals surface area contributed by atoms with E-state index in [1.807, 2.05) is 6.20 Å². The minimum absolute atomic E-state index is 0.715. The lowest BCUT2D eigenvalue weighted by atomic mass is 9.93. The zero-order valence-corrected chi connectivity index (χ0v) is 10.1. The maximum absolute atomic E-state index is 4.31. The van der Waals surface area contributed by atoms with Crippen LogP contribution in [0.5, 0.6) is 0 Å². The minimum Gasteiger partial charge on any atom is -0.365 e. The summed E-state index contributed by atoms with van der Waals surface area (Å²) in [6.07, 6.45) is 6.53. The molecule has 0 aliphatic carbocycles. The first kappa shape index (κ1) is 10.1. The largest absolute Gasteiger partial charge is 0.365 e. The molecule has 86 valence electrons. The number of aryl methyl sites for hydroxylation is 2. The van der Waals surface area contributed by atoms with E-state index < -0.39 is 0 Å². The Morgan fingerprint density at radius 3 is 3.06 bits per heavy atom. The summed E-state index contributed by atoms with van der Waals surface area (Å²) < 4.78 is 0. The molecule has 0 aromatic carbocycles. The van der Waals surface area contributed by atoms with Crippen molar-refractivity contribution in [2.45, 2.75) is 25.8 Å². The van der Waals surface area contributed by atoms with Crippen LogP contribution in [0.25, 0.3) is 0 Å². The molecule has 3 heteroatoms. The van der Waals surface area contributed by atoms with Gasteiger partial charge in [0.2, 0.25) is 0 Å². The predicted molar refractivity (Wildman–Crippen MR) is 65.9 cm³/mol. The summed E-state index contributed by atoms with van der Waals surface area (Å²) in [5.74, 6) is 0. The second-order valence-corrected chi connectivity index (χ2v) is 5.11. The van der Waals surface area contributed by atoms with Gasteiger partial charge in [-0.3, -0.25) is 4.98 Å². The highest BCUT2D eigenvalue weighted by atomic mass is 15.3. The number of hydrogen-bond donors (Lipinski definition) is 0. The zero-order chi connectivity index (χ0) is 11.1. The molecular weight excluding hydrogens is 198 g/mol. The molecule has 1 fully saturated rings. The third-order valence-corrected chi connectivity index (χ3v) is 3.90. The Labute approximate surface area is 97.1 Å². The molecule has 1 aromatic rings. The van der Waals surface area contributed by atoms with Crippen molar-refractivity contribution in [3.8, 4) is 0 Å². The maximum Gasteiger partial charge on any atom is 0.0462 e. The highest BCUT2D eigenvalue weighted by molar-refractivity contribution is 5.60. The number of nitrogens with zero attached hydrogens (tertiary/aromatic N) is 3. The Morgan fingerprint density at radius 1 is 1.31 bits per heavy atom. The number of piperazine rings is 1. The van der Waals surface area contributed by atoms with E-state index in [0.717, 1.165) is 0 Å². The van der Waals surface area contributed by atoms with Gasteiger partial charge in [-0.15, -0.1) is 0 Å². The molecule has 16 heavy (non-hydrogen) atoms. The fourth-order valence-electron chi connectivity index (χ4n) is 3.08. The fraction of sp³-hybridized carbons (Fsp3) is 0.615. The van der Waals surface area contributed by atoms with Gasteiger partial charge in [-0.1, -0.05) is 0 Å². The van der Waals surface area contributed by atoms with Crippen molar-refractivity contribution in [3.05, 3.63) is 23.5 Å². The summed E-state index contributed by atoms with van der Waals surface area (Å²) in [6.45, 7) is 5.74. The maximum atomic E-state index is 4.31. The average Bonchev–Trinajstić information content (AvgIpc) is 2.29. The number of likely N-dealkylation sites (N-methyl/N-ethyl adjacent to an activating group) is 1. The predicted octanol–water partition coefficient (Wildman–Crippen LogP) is 1.46. The van der Waals surface area contributed by atoms with E-state index in [9.17, 15) is 0 Å². The summed E-state index contributed by atoms with van der Waals surface area (Å²) in [7, 11) is 2.23. The van der Waals surface area contributed by atoms with Crippen LogP contribution in [-0.2, 0) is 6.42 Å². The Hall–Kier alpha value is -1.09. The van der Waals surface area contributed by atoms with Crippen molar-refractivity contribution in [3.63, 3.8) is 0 Å². The smallest absolute Gasteiger partial charge is 0.0462 e. The second-order valence-electron chi connectivity index (χ2n) is 5.11. The SMILES string of the molecule is Cc1cncc2c1N1CCN(C)CC1CC2. The Bertz CT molecular complexity index is 402. The molecule has 2 aliphatic heterocycles. The molecule has 2 aliphatic rings. The average molecular weight is 217 g/mol. The van der Waals surface area contributed by atoms with Crippen LogP contribution in [0.3, 0.4) is 0 Å². The molecule has 3 rings (SSSR count). The molecule has 0 amide bonds. The molecule has 3 nitrogen and oxygen atoms in total.